The average molecular weight is 463 g/mol. The van der Waals surface area contributed by atoms with Crippen LogP contribution < -0.4 is 33.2 Å². The van der Waals surface area contributed by atoms with E-state index in [1.165, 1.54) is 6.92 Å². The molecule has 0 saturated carbocycles. The first-order valence-electron chi connectivity index (χ1n) is 10.7. The zero-order valence-electron chi connectivity index (χ0n) is 18.5. The van der Waals surface area contributed by atoms with Crippen LogP contribution in [0.1, 0.15) is 45.4 Å². The number of carbonyl (C=O) groups is 4. The van der Waals surface area contributed by atoms with Crippen LogP contribution in [0.2, 0.25) is 0 Å². The highest BCUT2D eigenvalue weighted by atomic mass is 16.4. The van der Waals surface area contributed by atoms with E-state index in [0.717, 1.165) is 0 Å². The van der Waals surface area contributed by atoms with E-state index in [-0.39, 0.29) is 12.8 Å². The summed E-state index contributed by atoms with van der Waals surface area (Å²) in [5.74, 6) is -3.62. The van der Waals surface area contributed by atoms with E-state index in [1.807, 2.05) is 0 Å². The molecule has 0 radical (unpaired) electrons. The number of carboxylic acid groups (broad SMARTS) is 1. The first-order valence-corrected chi connectivity index (χ1v) is 10.7. The normalized spacial score (nSPS) is 15.7. The van der Waals surface area contributed by atoms with E-state index in [1.54, 1.807) is 0 Å². The van der Waals surface area contributed by atoms with Gasteiger partial charge in [-0.3, -0.25) is 14.4 Å². The highest BCUT2D eigenvalue weighted by Gasteiger charge is 2.31. The molecule has 0 aromatic rings. The van der Waals surface area contributed by atoms with Gasteiger partial charge in [0.2, 0.25) is 17.7 Å². The number of carbonyl (C=O) groups excluding carboxylic acids is 3. The van der Waals surface area contributed by atoms with Gasteiger partial charge < -0.3 is 48.5 Å². The molecule has 32 heavy (non-hydrogen) atoms. The molecule has 0 aliphatic rings. The van der Waals surface area contributed by atoms with Crippen LogP contribution in [0.3, 0.4) is 0 Å². The van der Waals surface area contributed by atoms with Gasteiger partial charge >= 0.3 is 5.97 Å². The molecule has 0 aliphatic heterocycles. The van der Waals surface area contributed by atoms with Crippen LogP contribution in [-0.2, 0) is 19.2 Å². The Hall–Kier alpha value is -2.32. The summed E-state index contributed by atoms with van der Waals surface area (Å²) in [6.07, 6.45) is 1.18. The van der Waals surface area contributed by atoms with E-state index in [4.69, 9.17) is 22.3 Å². The molecule has 13 heteroatoms. The van der Waals surface area contributed by atoms with Crippen molar-refractivity contribution in [2.24, 2.45) is 17.2 Å². The fraction of sp³-hybridized carbons (Fsp3) is 0.789. The highest BCUT2D eigenvalue weighted by molar-refractivity contribution is 5.94. The summed E-state index contributed by atoms with van der Waals surface area (Å²) in [6.45, 7) is 1.36. The van der Waals surface area contributed by atoms with Crippen LogP contribution in [0.15, 0.2) is 0 Å². The molecule has 0 aromatic heterocycles. The van der Waals surface area contributed by atoms with Crippen molar-refractivity contribution < 1.29 is 34.5 Å². The lowest BCUT2D eigenvalue weighted by atomic mass is 10.0. The second-order valence-corrected chi connectivity index (χ2v) is 7.55. The van der Waals surface area contributed by atoms with E-state index < -0.39 is 60.6 Å². The third-order valence-corrected chi connectivity index (χ3v) is 4.74. The van der Waals surface area contributed by atoms with Gasteiger partial charge in [0.25, 0.3) is 0 Å². The maximum atomic E-state index is 12.9. The van der Waals surface area contributed by atoms with Crippen molar-refractivity contribution in [2.45, 2.75) is 75.7 Å². The number of aliphatic hydroxyl groups excluding tert-OH is 2. The number of hydrogen-bond acceptors (Lipinski definition) is 9. The SMILES string of the molecule is CC(O)C(NC(=O)C(CCCCN)NC(=O)C(CCCCN)NC(=O)C(N)CO)C(=O)O. The minimum absolute atomic E-state index is 0.167. The van der Waals surface area contributed by atoms with Crippen LogP contribution in [0.4, 0.5) is 0 Å². The predicted octanol–water partition coefficient (Wildman–Crippen LogP) is -3.52. The van der Waals surface area contributed by atoms with E-state index >= 15 is 0 Å². The summed E-state index contributed by atoms with van der Waals surface area (Å²) >= 11 is 0. The van der Waals surface area contributed by atoms with Crippen LogP contribution in [0.5, 0.6) is 0 Å². The molecule has 0 fully saturated rings. The van der Waals surface area contributed by atoms with Crippen LogP contribution >= 0.6 is 0 Å². The number of nitrogens with two attached hydrogens (primary N) is 3. The van der Waals surface area contributed by atoms with Gasteiger partial charge in [-0.2, -0.15) is 0 Å². The number of nitrogens with one attached hydrogen (secondary N) is 3. The number of hydrogen-bond donors (Lipinski definition) is 9. The van der Waals surface area contributed by atoms with Crippen LogP contribution in [0, 0.1) is 0 Å². The summed E-state index contributed by atoms with van der Waals surface area (Å²) in [5, 5.41) is 35.0. The summed E-state index contributed by atoms with van der Waals surface area (Å²) in [5.41, 5.74) is 16.4. The lowest BCUT2D eigenvalue weighted by molar-refractivity contribution is -0.145. The Labute approximate surface area is 187 Å². The molecule has 12 N–H and O–H groups in total. The molecular weight excluding hydrogens is 424 g/mol. The van der Waals surface area contributed by atoms with Crippen molar-refractivity contribution in [2.75, 3.05) is 19.7 Å². The standard InChI is InChI=1S/C19H38N6O7/c1-11(27)15(19(31)32)25-18(30)14(7-3-5-9-21)24-17(29)13(6-2-4-8-20)23-16(28)12(22)10-26/h11-15,26-27H,2-10,20-22H2,1H3,(H,23,28)(H,24,29)(H,25,30)(H,31,32). The van der Waals surface area contributed by atoms with Crippen molar-refractivity contribution in [3.8, 4) is 0 Å². The Balaban J connectivity index is 5.43. The Bertz CT molecular complexity index is 605. The molecule has 0 aromatic carbocycles. The first-order chi connectivity index (χ1) is 15.1. The van der Waals surface area contributed by atoms with Gasteiger partial charge in [-0.1, -0.05) is 0 Å². The average Bonchev–Trinajstić information content (AvgIpc) is 2.74. The van der Waals surface area contributed by atoms with Gasteiger partial charge in [0.15, 0.2) is 6.04 Å². The van der Waals surface area contributed by atoms with Crippen molar-refractivity contribution >= 4 is 23.7 Å². The molecule has 0 rings (SSSR count). The second kappa shape index (κ2) is 16.3. The molecular formula is C19H38N6O7. The first kappa shape index (κ1) is 29.7. The molecule has 0 aliphatic carbocycles. The van der Waals surface area contributed by atoms with Gasteiger partial charge in [0, 0.05) is 0 Å². The quantitative estimate of drug-likeness (QED) is 0.0964. The van der Waals surface area contributed by atoms with Crippen molar-refractivity contribution in [1.29, 1.82) is 0 Å². The summed E-state index contributed by atoms with van der Waals surface area (Å²) in [6, 6.07) is -4.93. The second-order valence-electron chi connectivity index (χ2n) is 7.55. The minimum Gasteiger partial charge on any atom is -0.480 e. The Morgan fingerprint density at radius 2 is 1.25 bits per heavy atom. The Morgan fingerprint density at radius 3 is 1.62 bits per heavy atom. The monoisotopic (exact) mass is 462 g/mol. The van der Waals surface area contributed by atoms with E-state index in [0.29, 0.717) is 38.8 Å². The molecule has 0 bridgehead atoms. The summed E-state index contributed by atoms with van der Waals surface area (Å²) < 4.78 is 0. The molecule has 0 spiro atoms. The number of unbranched alkanes of at least 4 members (excludes halogenated alkanes) is 2. The Morgan fingerprint density at radius 1 is 0.812 bits per heavy atom. The zero-order valence-corrected chi connectivity index (χ0v) is 18.5. The van der Waals surface area contributed by atoms with Gasteiger partial charge in [-0.15, -0.1) is 0 Å². The third kappa shape index (κ3) is 11.3. The molecule has 5 atom stereocenters. The maximum absolute atomic E-state index is 12.9. The lowest BCUT2D eigenvalue weighted by Crippen LogP contribution is -2.58. The van der Waals surface area contributed by atoms with Crippen molar-refractivity contribution in [3.05, 3.63) is 0 Å². The number of rotatable bonds is 17. The maximum Gasteiger partial charge on any atom is 0.328 e. The van der Waals surface area contributed by atoms with Gasteiger partial charge in [0.1, 0.15) is 18.1 Å². The lowest BCUT2D eigenvalue weighted by Gasteiger charge is -2.25. The van der Waals surface area contributed by atoms with Crippen molar-refractivity contribution in [3.63, 3.8) is 0 Å². The summed E-state index contributed by atoms with van der Waals surface area (Å²) in [4.78, 5) is 48.9. The largest absolute Gasteiger partial charge is 0.480 e. The van der Waals surface area contributed by atoms with Gasteiger partial charge in [-0.25, -0.2) is 4.79 Å². The number of amides is 3. The number of aliphatic carboxylic acids is 1. The van der Waals surface area contributed by atoms with Crippen LogP contribution in [-0.4, -0.2) is 89.0 Å². The topological polar surface area (TPSA) is 243 Å². The molecule has 186 valence electrons. The van der Waals surface area contributed by atoms with E-state index in [9.17, 15) is 29.4 Å². The molecule has 0 saturated heterocycles. The zero-order chi connectivity index (χ0) is 24.7. The molecule has 13 nitrogen and oxygen atoms in total. The smallest absolute Gasteiger partial charge is 0.328 e. The van der Waals surface area contributed by atoms with Gasteiger partial charge in [-0.05, 0) is 58.5 Å². The molecule has 5 unspecified atom stereocenters. The molecule has 3 amide bonds. The van der Waals surface area contributed by atoms with Crippen LogP contribution in [0.25, 0.3) is 0 Å². The van der Waals surface area contributed by atoms with Crippen molar-refractivity contribution in [1.82, 2.24) is 16.0 Å². The number of aliphatic hydroxyl groups is 2. The fourth-order valence-corrected chi connectivity index (χ4v) is 2.80. The third-order valence-electron chi connectivity index (χ3n) is 4.74. The molecule has 0 heterocycles. The Kier molecular flexibility index (Phi) is 15.1. The fourth-order valence-electron chi connectivity index (χ4n) is 2.80. The van der Waals surface area contributed by atoms with Gasteiger partial charge in [0.05, 0.1) is 12.7 Å². The van der Waals surface area contributed by atoms with E-state index in [2.05, 4.69) is 16.0 Å². The number of carboxylic acids is 1. The minimum atomic E-state index is -1.56. The highest BCUT2D eigenvalue weighted by Crippen LogP contribution is 2.06. The predicted molar refractivity (Wildman–Crippen MR) is 116 cm³/mol. The summed E-state index contributed by atoms with van der Waals surface area (Å²) in [7, 11) is 0.